The van der Waals surface area contributed by atoms with Gasteiger partial charge in [0.2, 0.25) is 9.84 Å². The molecular formula is C45H49N3O10S3. The smallest absolute Gasteiger partial charge is 0.350 e. The summed E-state index contributed by atoms with van der Waals surface area (Å²) in [5.74, 6) is -4.47. The standard InChI is InChI=1S/C45H49N3O10S3/c1-44-23-22-25-26(33(44)20-21-39(44)50)18-19-31-32(25)24-36(49)41(51)40(31)48(61(57,58)38-17-9-11-28-30(38)13-7-15-35(28)47(4)5)45(42(52)53,43(54)59)60(55,56)37-16-8-10-27-29(37)12-6-14-34(27)46(2)3/h6-17,24-26,33,43,49,51,54,59H,18-23H2,1-5H3,(H,52,53)/t25?,26?,33?,43?,44-,45-/m0/s1. The summed E-state index contributed by atoms with van der Waals surface area (Å²) in [5.41, 5.74) is -2.48. The topological polar surface area (TPSA) is 193 Å². The number of aromatic hydroxyl groups is 2. The molecule has 16 heteroatoms. The molecule has 8 rings (SSSR count). The van der Waals surface area contributed by atoms with E-state index in [-0.39, 0.29) is 50.6 Å². The molecule has 0 radical (unpaired) electrons. The van der Waals surface area contributed by atoms with E-state index in [9.17, 15) is 30.0 Å². The Morgan fingerprint density at radius 3 is 1.90 bits per heavy atom. The number of fused-ring (bicyclic) bond motifs is 7. The third kappa shape index (κ3) is 6.03. The molecule has 322 valence electrons. The van der Waals surface area contributed by atoms with Gasteiger partial charge in [-0.15, -0.1) is 12.6 Å². The van der Waals surface area contributed by atoms with E-state index in [4.69, 9.17) is 0 Å². The number of sulfone groups is 1. The van der Waals surface area contributed by atoms with Gasteiger partial charge in [0, 0.05) is 72.9 Å². The van der Waals surface area contributed by atoms with Crippen LogP contribution in [0.3, 0.4) is 0 Å². The molecule has 0 bridgehead atoms. The van der Waals surface area contributed by atoms with E-state index < -0.39 is 68.5 Å². The number of nitrogens with zero attached hydrogens (tertiary/aromatic N) is 3. The summed E-state index contributed by atoms with van der Waals surface area (Å²) in [4.78, 5) is 26.0. The number of hydrogen-bond acceptors (Lipinski definition) is 12. The van der Waals surface area contributed by atoms with Gasteiger partial charge < -0.3 is 30.2 Å². The van der Waals surface area contributed by atoms with Crippen molar-refractivity contribution in [3.63, 3.8) is 0 Å². The fraction of sp³-hybridized carbons (Fsp3) is 0.378. The number of phenols is 2. The molecule has 0 saturated heterocycles. The molecule has 2 saturated carbocycles. The fourth-order valence-corrected chi connectivity index (χ4v) is 15.9. The lowest BCUT2D eigenvalue weighted by Gasteiger charge is -2.49. The first-order chi connectivity index (χ1) is 28.7. The number of aliphatic hydroxyl groups is 1. The molecule has 0 amide bonds. The lowest BCUT2D eigenvalue weighted by molar-refractivity contribution is -0.141. The van der Waals surface area contributed by atoms with Crippen LogP contribution < -0.4 is 14.1 Å². The van der Waals surface area contributed by atoms with Crippen molar-refractivity contribution >= 4 is 82.8 Å². The van der Waals surface area contributed by atoms with Crippen LogP contribution in [0.15, 0.2) is 88.7 Å². The van der Waals surface area contributed by atoms with Crippen molar-refractivity contribution in [3.05, 3.63) is 90.0 Å². The second-order valence-electron chi connectivity index (χ2n) is 17.2. The molecular weight excluding hydrogens is 839 g/mol. The Bertz CT molecular complexity index is 2880. The zero-order chi connectivity index (χ0) is 44.1. The number of ketones is 1. The van der Waals surface area contributed by atoms with Crippen molar-refractivity contribution in [3.8, 4) is 11.5 Å². The van der Waals surface area contributed by atoms with Crippen molar-refractivity contribution in [2.24, 2.45) is 17.3 Å². The van der Waals surface area contributed by atoms with Crippen LogP contribution >= 0.6 is 12.6 Å². The van der Waals surface area contributed by atoms with E-state index >= 15 is 16.8 Å². The van der Waals surface area contributed by atoms with Crippen molar-refractivity contribution < 1.29 is 46.9 Å². The number of anilines is 3. The predicted octanol–water partition coefficient (Wildman–Crippen LogP) is 6.66. The Balaban J connectivity index is 1.49. The van der Waals surface area contributed by atoms with Gasteiger partial charge in [0.05, 0.1) is 9.79 Å². The van der Waals surface area contributed by atoms with Crippen molar-refractivity contribution in [2.45, 2.75) is 71.5 Å². The van der Waals surface area contributed by atoms with Crippen LogP contribution in [0.5, 0.6) is 11.5 Å². The number of carbonyl (C=O) groups is 2. The third-order valence-electron chi connectivity index (χ3n) is 13.7. The Morgan fingerprint density at radius 1 is 0.803 bits per heavy atom. The Labute approximate surface area is 360 Å². The molecule has 0 spiro atoms. The van der Waals surface area contributed by atoms with Crippen LogP contribution in [0.25, 0.3) is 21.5 Å². The highest BCUT2D eigenvalue weighted by Crippen LogP contribution is 2.62. The Hall–Kier alpha value is -5.03. The maximum absolute atomic E-state index is 16.0. The van der Waals surface area contributed by atoms with E-state index in [0.29, 0.717) is 59.8 Å². The normalized spacial score (nSPS) is 22.8. The van der Waals surface area contributed by atoms with Crippen LogP contribution in [0.4, 0.5) is 17.1 Å². The van der Waals surface area contributed by atoms with Crippen LogP contribution in [-0.2, 0) is 35.9 Å². The Kier molecular flexibility index (Phi) is 10.4. The fourth-order valence-electron chi connectivity index (χ4n) is 10.8. The number of rotatable bonds is 10. The number of phenolic OH excluding ortho intramolecular Hbond substituents is 2. The monoisotopic (exact) mass is 887 g/mol. The Morgan fingerprint density at radius 2 is 1.34 bits per heavy atom. The molecule has 3 aliphatic carbocycles. The van der Waals surface area contributed by atoms with Gasteiger partial charge in [-0.1, -0.05) is 55.5 Å². The number of sulfonamides is 1. The summed E-state index contributed by atoms with van der Waals surface area (Å²) < 4.78 is 63.8. The first-order valence-electron chi connectivity index (χ1n) is 20.1. The molecule has 0 heterocycles. The van der Waals surface area contributed by atoms with Crippen LogP contribution in [-0.4, -0.2) is 87.5 Å². The van der Waals surface area contributed by atoms with Gasteiger partial charge in [-0.05, 0) is 91.3 Å². The average molecular weight is 888 g/mol. The van der Waals surface area contributed by atoms with Crippen LogP contribution in [0.2, 0.25) is 0 Å². The van der Waals surface area contributed by atoms with Gasteiger partial charge >= 0.3 is 5.97 Å². The lowest BCUT2D eigenvalue weighted by Crippen LogP contribution is -2.67. The third-order valence-corrected chi connectivity index (χ3v) is 18.6. The molecule has 0 aliphatic heterocycles. The first kappa shape index (κ1) is 42.7. The minimum Gasteiger partial charge on any atom is -0.504 e. The first-order valence-corrected chi connectivity index (χ1v) is 23.6. The van der Waals surface area contributed by atoms with Crippen molar-refractivity contribution in [1.82, 2.24) is 0 Å². The average Bonchev–Trinajstić information content (AvgIpc) is 3.52. The number of carboxylic acid groups (broad SMARTS) is 1. The predicted molar refractivity (Wildman–Crippen MR) is 238 cm³/mol. The summed E-state index contributed by atoms with van der Waals surface area (Å²) >= 11 is 4.18. The summed E-state index contributed by atoms with van der Waals surface area (Å²) in [6.45, 7) is 1.98. The molecule has 5 aromatic rings. The number of hydrogen-bond donors (Lipinski definition) is 5. The van der Waals surface area contributed by atoms with Gasteiger partial charge in [0.25, 0.3) is 14.9 Å². The molecule has 2 fully saturated rings. The zero-order valence-corrected chi connectivity index (χ0v) is 36.9. The number of carbonyl (C=O) groups excluding carboxylic acids is 1. The maximum atomic E-state index is 16.0. The minimum atomic E-state index is -5.69. The van der Waals surface area contributed by atoms with Gasteiger partial charge in [-0.3, -0.25) is 4.79 Å². The number of Topliss-reactive ketones (excluding diaryl/α,β-unsaturated/α-hetero) is 1. The quantitative estimate of drug-likeness (QED) is 0.0570. The van der Waals surface area contributed by atoms with Gasteiger partial charge in [0.1, 0.15) is 16.9 Å². The molecule has 61 heavy (non-hydrogen) atoms. The summed E-state index contributed by atoms with van der Waals surface area (Å²) in [6, 6.07) is 19.4. The highest BCUT2D eigenvalue weighted by molar-refractivity contribution is 7.98. The number of aliphatic carboxylic acids is 1. The summed E-state index contributed by atoms with van der Waals surface area (Å²) in [7, 11) is -4.24. The summed E-state index contributed by atoms with van der Waals surface area (Å²) in [6.07, 6.45) is 2.48. The van der Waals surface area contributed by atoms with E-state index in [1.165, 1.54) is 36.4 Å². The van der Waals surface area contributed by atoms with Gasteiger partial charge in [-0.2, -0.15) is 0 Å². The summed E-state index contributed by atoms with van der Waals surface area (Å²) in [5, 5.41) is 48.2. The largest absolute Gasteiger partial charge is 0.504 e. The van der Waals surface area contributed by atoms with E-state index in [1.54, 1.807) is 74.4 Å². The zero-order valence-electron chi connectivity index (χ0n) is 34.4. The minimum absolute atomic E-state index is 0.0103. The van der Waals surface area contributed by atoms with Gasteiger partial charge in [0.15, 0.2) is 11.5 Å². The van der Waals surface area contributed by atoms with Crippen molar-refractivity contribution in [2.75, 3.05) is 42.3 Å². The second-order valence-corrected chi connectivity index (χ2v) is 21.5. The van der Waals surface area contributed by atoms with E-state index in [0.717, 1.165) is 6.07 Å². The molecule has 4 unspecified atom stereocenters. The van der Waals surface area contributed by atoms with Crippen LogP contribution in [0.1, 0.15) is 56.1 Å². The highest BCUT2D eigenvalue weighted by Gasteiger charge is 2.67. The highest BCUT2D eigenvalue weighted by atomic mass is 32.2. The SMILES string of the molecule is CN(C)c1cccc2c(S(=O)(=O)N(c3c(O)c(O)cc4c3CCC3C4CC[C@]4(C)C(=O)CCC34)[C@](C(=O)O)(C(O)S)S(=O)(=O)c3cccc4c(N(C)C)cccc34)cccc12. The number of benzene rings is 5. The number of thiol groups is 1. The lowest BCUT2D eigenvalue weighted by atomic mass is 9.55. The van der Waals surface area contributed by atoms with E-state index in [1.807, 2.05) is 6.92 Å². The molecule has 3 aliphatic rings. The maximum Gasteiger partial charge on any atom is 0.350 e. The molecule has 5 aromatic carbocycles. The van der Waals surface area contributed by atoms with Gasteiger partial charge in [-0.25, -0.2) is 25.9 Å². The second kappa shape index (κ2) is 14.8. The number of carboxylic acids is 1. The van der Waals surface area contributed by atoms with Crippen LogP contribution in [0, 0.1) is 17.3 Å². The number of aliphatic hydroxyl groups excluding tert-OH is 1. The molecule has 6 atom stereocenters. The van der Waals surface area contributed by atoms with E-state index in [2.05, 4.69) is 12.6 Å². The van der Waals surface area contributed by atoms with Crippen molar-refractivity contribution in [1.29, 1.82) is 0 Å². The molecule has 0 aromatic heterocycles. The molecule has 4 N–H and O–H groups in total. The molecule has 13 nitrogen and oxygen atoms in total.